The fourth-order valence-corrected chi connectivity index (χ4v) is 8.47. The van der Waals surface area contributed by atoms with Crippen molar-refractivity contribution in [2.75, 3.05) is 36.9 Å². The number of carbonyl (C=O) groups excluding carboxylic acids is 2. The van der Waals surface area contributed by atoms with Gasteiger partial charge in [0, 0.05) is 35.7 Å². The Labute approximate surface area is 274 Å². The number of ketones is 1. The van der Waals surface area contributed by atoms with Crippen molar-refractivity contribution < 1.29 is 39.4 Å². The first-order valence-electron chi connectivity index (χ1n) is 14.5. The van der Waals surface area contributed by atoms with Crippen molar-refractivity contribution in [1.29, 1.82) is 0 Å². The molecule has 0 aliphatic rings. The number of carbonyl (C=O) groups is 2. The second-order valence-electron chi connectivity index (χ2n) is 11.1. The Morgan fingerprint density at radius 3 is 1.64 bits per heavy atom. The Morgan fingerprint density at radius 1 is 0.745 bits per heavy atom. The molecule has 3 rings (SSSR count). The molecule has 0 aromatic heterocycles. The van der Waals surface area contributed by atoms with Gasteiger partial charge < -0.3 is 4.90 Å². The van der Waals surface area contributed by atoms with E-state index < -0.39 is 64.7 Å². The molecule has 0 atom stereocenters. The van der Waals surface area contributed by atoms with Gasteiger partial charge in [0.25, 0.3) is 16.0 Å². The highest BCUT2D eigenvalue weighted by molar-refractivity contribution is 7.92. The molecule has 0 bridgehead atoms. The maximum absolute atomic E-state index is 13.8. The minimum Gasteiger partial charge on any atom is -0.339 e. The molecule has 16 heteroatoms. The van der Waals surface area contributed by atoms with Crippen LogP contribution in [0.1, 0.15) is 44.7 Å². The molecule has 0 aliphatic carbocycles. The van der Waals surface area contributed by atoms with Gasteiger partial charge in [-0.2, -0.15) is 8.42 Å². The van der Waals surface area contributed by atoms with Gasteiger partial charge in [-0.05, 0) is 68.6 Å². The molecule has 0 radical (unpaired) electrons. The van der Waals surface area contributed by atoms with E-state index in [0.717, 1.165) is 11.1 Å². The molecule has 47 heavy (non-hydrogen) atoms. The van der Waals surface area contributed by atoms with Crippen LogP contribution in [-0.2, 0) is 29.8 Å². The van der Waals surface area contributed by atoms with Crippen LogP contribution in [0.4, 0.5) is 0 Å². The van der Waals surface area contributed by atoms with E-state index >= 15 is 0 Å². The first-order chi connectivity index (χ1) is 22.0. The Kier molecular flexibility index (Phi) is 12.8. The van der Waals surface area contributed by atoms with Gasteiger partial charge in [-0.1, -0.05) is 52.6 Å². The maximum Gasteiger partial charge on any atom is 0.264 e. The van der Waals surface area contributed by atoms with E-state index in [1.165, 1.54) is 53.4 Å². The number of amides is 1. The van der Waals surface area contributed by atoms with E-state index in [9.17, 15) is 34.8 Å². The summed E-state index contributed by atoms with van der Waals surface area (Å²) in [6, 6.07) is 17.3. The molecule has 0 spiro atoms. The van der Waals surface area contributed by atoms with Crippen molar-refractivity contribution in [1.82, 2.24) is 4.90 Å². The van der Waals surface area contributed by atoms with E-state index in [1.807, 2.05) is 0 Å². The van der Waals surface area contributed by atoms with Crippen LogP contribution in [0.2, 0.25) is 0 Å². The molecule has 0 aliphatic heterocycles. The van der Waals surface area contributed by atoms with Crippen LogP contribution in [0.15, 0.2) is 87.7 Å². The molecule has 252 valence electrons. The SMILES string of the molecule is Cc1ccc(S(=O)(=O)CC(CS(=O)(=O)c2ccc(C)cc2)C(=O)c2ccc(C(=O)N(CCCN=[N+]=[N-])CCCS(=O)(=O)O)cc2)cc1. The Morgan fingerprint density at radius 2 is 1.19 bits per heavy atom. The van der Waals surface area contributed by atoms with Crippen molar-refractivity contribution in [3.05, 3.63) is 105 Å². The number of nitrogens with zero attached hydrogens (tertiary/aromatic N) is 4. The topological polar surface area (TPSA) is 209 Å². The molecular formula is C31H36N4O9S3. The lowest BCUT2D eigenvalue weighted by Gasteiger charge is -2.22. The molecule has 1 amide bonds. The summed E-state index contributed by atoms with van der Waals surface area (Å²) in [7, 11) is -12.4. The number of hydrogen-bond donors (Lipinski definition) is 1. The van der Waals surface area contributed by atoms with Crippen LogP contribution >= 0.6 is 0 Å². The normalized spacial score (nSPS) is 12.0. The second-order valence-corrected chi connectivity index (χ2v) is 16.7. The highest BCUT2D eigenvalue weighted by atomic mass is 32.2. The minimum absolute atomic E-state index is 0.00829. The summed E-state index contributed by atoms with van der Waals surface area (Å²) in [5.41, 5.74) is 10.3. The molecule has 1 N–H and O–H groups in total. The van der Waals surface area contributed by atoms with E-state index in [2.05, 4.69) is 10.0 Å². The lowest BCUT2D eigenvalue weighted by molar-refractivity contribution is 0.0754. The quantitative estimate of drug-likeness (QED) is 0.0524. The maximum atomic E-state index is 13.8. The number of Topliss-reactive ketones (excluding diaryl/α,β-unsaturated/α-hetero) is 1. The zero-order valence-corrected chi connectivity index (χ0v) is 28.3. The number of sulfone groups is 2. The number of benzene rings is 3. The van der Waals surface area contributed by atoms with Gasteiger partial charge in [0.05, 0.1) is 33.0 Å². The third-order valence-electron chi connectivity index (χ3n) is 7.26. The molecule has 0 saturated heterocycles. The standard InChI is InChI=1S/C31H36N4O9S3/c1-23-5-13-28(14-6-23)45(38,39)21-27(22-46(40,41)29-15-7-24(2)8-16-29)30(36)25-9-11-26(12-10-25)31(37)35(18-3-17-33-34-32)19-4-20-47(42,43)44/h5-16,27H,3-4,17-22H2,1-2H3,(H,42,43,44). The van der Waals surface area contributed by atoms with Crippen LogP contribution in [0.25, 0.3) is 10.4 Å². The molecular weight excluding hydrogens is 669 g/mol. The summed E-state index contributed by atoms with van der Waals surface area (Å²) in [5.74, 6) is -4.86. The van der Waals surface area contributed by atoms with Gasteiger partial charge in [-0.15, -0.1) is 0 Å². The van der Waals surface area contributed by atoms with Crippen LogP contribution in [0.3, 0.4) is 0 Å². The highest BCUT2D eigenvalue weighted by Crippen LogP contribution is 2.23. The van der Waals surface area contributed by atoms with Crippen molar-refractivity contribution in [2.45, 2.75) is 36.5 Å². The zero-order valence-electron chi connectivity index (χ0n) is 25.9. The lowest BCUT2D eigenvalue weighted by atomic mass is 9.99. The molecule has 0 fully saturated rings. The molecule has 13 nitrogen and oxygen atoms in total. The summed E-state index contributed by atoms with van der Waals surface area (Å²) in [6.07, 6.45) is 0.222. The van der Waals surface area contributed by atoms with E-state index in [4.69, 9.17) is 10.1 Å². The van der Waals surface area contributed by atoms with Crippen molar-refractivity contribution in [3.63, 3.8) is 0 Å². The fourth-order valence-electron chi connectivity index (χ4n) is 4.74. The number of aryl methyl sites for hydroxylation is 2. The van der Waals surface area contributed by atoms with E-state index in [1.54, 1.807) is 38.1 Å². The van der Waals surface area contributed by atoms with Gasteiger partial charge in [0.15, 0.2) is 25.5 Å². The lowest BCUT2D eigenvalue weighted by Crippen LogP contribution is -2.34. The van der Waals surface area contributed by atoms with E-state index in [0.29, 0.717) is 0 Å². The van der Waals surface area contributed by atoms with Gasteiger partial charge in [-0.3, -0.25) is 14.1 Å². The van der Waals surface area contributed by atoms with Crippen LogP contribution in [0.5, 0.6) is 0 Å². The number of azide groups is 1. The number of hydrogen-bond acceptors (Lipinski definition) is 9. The Bertz CT molecular complexity index is 1860. The Hall–Kier alpha value is -4.08. The van der Waals surface area contributed by atoms with Crippen molar-refractivity contribution in [3.8, 4) is 0 Å². The van der Waals surface area contributed by atoms with Crippen molar-refractivity contribution in [2.24, 2.45) is 11.0 Å². The van der Waals surface area contributed by atoms with Crippen molar-refractivity contribution >= 4 is 41.5 Å². The number of rotatable bonds is 17. The predicted molar refractivity (Wildman–Crippen MR) is 176 cm³/mol. The van der Waals surface area contributed by atoms with Gasteiger partial charge in [0.1, 0.15) is 0 Å². The average Bonchev–Trinajstić information content (AvgIpc) is 3.01. The van der Waals surface area contributed by atoms with Crippen LogP contribution in [0, 0.1) is 19.8 Å². The highest BCUT2D eigenvalue weighted by Gasteiger charge is 2.33. The molecule has 0 saturated carbocycles. The van der Waals surface area contributed by atoms with Crippen LogP contribution in [-0.4, -0.2) is 83.3 Å². The summed E-state index contributed by atoms with van der Waals surface area (Å²) in [6.45, 7) is 3.73. The Balaban J connectivity index is 1.90. The first kappa shape index (κ1) is 37.4. The summed E-state index contributed by atoms with van der Waals surface area (Å²) >= 11 is 0. The third-order valence-corrected chi connectivity index (χ3v) is 11.7. The predicted octanol–water partition coefficient (Wildman–Crippen LogP) is 4.47. The first-order valence-corrected chi connectivity index (χ1v) is 19.4. The van der Waals surface area contributed by atoms with Gasteiger partial charge in [0.2, 0.25) is 0 Å². The minimum atomic E-state index is -4.26. The molecule has 3 aromatic rings. The average molecular weight is 705 g/mol. The smallest absolute Gasteiger partial charge is 0.264 e. The summed E-state index contributed by atoms with van der Waals surface area (Å²) < 4.78 is 84.9. The molecule has 3 aromatic carbocycles. The fraction of sp³-hybridized carbons (Fsp3) is 0.355. The van der Waals surface area contributed by atoms with Gasteiger partial charge in [-0.25, -0.2) is 16.8 Å². The zero-order chi connectivity index (χ0) is 34.8. The summed E-state index contributed by atoms with van der Waals surface area (Å²) in [4.78, 5) is 30.9. The monoisotopic (exact) mass is 704 g/mol. The largest absolute Gasteiger partial charge is 0.339 e. The summed E-state index contributed by atoms with van der Waals surface area (Å²) in [5, 5.41) is 3.42. The van der Waals surface area contributed by atoms with Gasteiger partial charge >= 0.3 is 0 Å². The van der Waals surface area contributed by atoms with Crippen LogP contribution < -0.4 is 0 Å². The third kappa shape index (κ3) is 11.3. The molecule has 0 unspecified atom stereocenters. The van der Waals surface area contributed by atoms with E-state index in [-0.39, 0.29) is 53.4 Å². The molecule has 0 heterocycles. The second kappa shape index (κ2) is 16.2.